The Morgan fingerprint density at radius 1 is 1.36 bits per heavy atom. The molecule has 0 atom stereocenters. The van der Waals surface area contributed by atoms with Crippen LogP contribution in [0.15, 0.2) is 18.2 Å². The van der Waals surface area contributed by atoms with Crippen molar-refractivity contribution >= 4 is 17.3 Å². The van der Waals surface area contributed by atoms with Gasteiger partial charge in [-0.2, -0.15) is 0 Å². The maximum absolute atomic E-state index is 11.6. The summed E-state index contributed by atoms with van der Waals surface area (Å²) in [6.45, 7) is 2.57. The number of hydrogen-bond donors (Lipinski definition) is 2. The number of anilines is 1. The topological polar surface area (TPSA) is 87.5 Å². The molecule has 0 radical (unpaired) electrons. The van der Waals surface area contributed by atoms with Gasteiger partial charge in [0.05, 0.1) is 4.92 Å². The first-order valence-corrected chi connectivity index (χ1v) is 7.47. The van der Waals surface area contributed by atoms with Gasteiger partial charge in [-0.1, -0.05) is 0 Å². The number of carbonyl (C=O) groups excluding carboxylic acids is 1. The van der Waals surface area contributed by atoms with E-state index in [0.29, 0.717) is 17.2 Å². The lowest BCUT2D eigenvalue weighted by molar-refractivity contribution is -0.384. The second-order valence-corrected chi connectivity index (χ2v) is 5.53. The summed E-state index contributed by atoms with van der Waals surface area (Å²) in [5.41, 5.74) is 0.900. The number of nitro groups is 1. The molecule has 0 spiro atoms. The van der Waals surface area contributed by atoms with Gasteiger partial charge < -0.3 is 15.5 Å². The molecule has 2 rings (SSSR count). The first kappa shape index (κ1) is 16.2. The van der Waals surface area contributed by atoms with E-state index in [0.717, 1.165) is 32.5 Å². The highest BCUT2D eigenvalue weighted by atomic mass is 16.6. The summed E-state index contributed by atoms with van der Waals surface area (Å²) in [6.07, 6.45) is 2.02. The zero-order valence-electron chi connectivity index (χ0n) is 13.0. The number of amides is 1. The summed E-state index contributed by atoms with van der Waals surface area (Å²) in [5, 5.41) is 17.0. The maximum atomic E-state index is 11.6. The molecule has 1 amide bonds. The standard InChI is InChI=1S/C15H22N4O3/c1-16-10-11-5-7-18(8-6-11)13-4-3-12(15(20)17-2)9-14(13)19(21)22/h3-4,9,11,16H,5-8,10H2,1-2H3,(H,17,20). The number of benzene rings is 1. The largest absolute Gasteiger partial charge is 0.366 e. The van der Waals surface area contributed by atoms with Gasteiger partial charge in [-0.15, -0.1) is 0 Å². The van der Waals surface area contributed by atoms with E-state index in [2.05, 4.69) is 10.6 Å². The van der Waals surface area contributed by atoms with E-state index in [9.17, 15) is 14.9 Å². The summed E-state index contributed by atoms with van der Waals surface area (Å²) >= 11 is 0. The molecule has 0 unspecified atom stereocenters. The highest BCUT2D eigenvalue weighted by Gasteiger charge is 2.25. The number of carbonyl (C=O) groups is 1. The van der Waals surface area contributed by atoms with Gasteiger partial charge in [0.2, 0.25) is 0 Å². The molecule has 0 bridgehead atoms. The van der Waals surface area contributed by atoms with E-state index in [4.69, 9.17) is 0 Å². The first-order valence-electron chi connectivity index (χ1n) is 7.47. The molecule has 1 aromatic carbocycles. The molecule has 0 saturated carbocycles. The van der Waals surface area contributed by atoms with E-state index in [1.54, 1.807) is 12.1 Å². The van der Waals surface area contributed by atoms with Crippen molar-refractivity contribution in [1.29, 1.82) is 0 Å². The zero-order valence-corrected chi connectivity index (χ0v) is 13.0. The molecular formula is C15H22N4O3. The number of rotatable bonds is 5. The molecule has 22 heavy (non-hydrogen) atoms. The summed E-state index contributed by atoms with van der Waals surface area (Å²) in [7, 11) is 3.45. The van der Waals surface area contributed by atoms with Crippen LogP contribution in [-0.4, -0.2) is 44.6 Å². The number of hydrogen-bond acceptors (Lipinski definition) is 5. The molecule has 1 aliphatic rings. The Bertz CT molecular complexity index is 554. The van der Waals surface area contributed by atoms with E-state index in [-0.39, 0.29) is 11.6 Å². The van der Waals surface area contributed by atoms with Crippen molar-refractivity contribution in [2.45, 2.75) is 12.8 Å². The van der Waals surface area contributed by atoms with Crippen LogP contribution in [0.3, 0.4) is 0 Å². The third-order valence-corrected chi connectivity index (χ3v) is 4.11. The minimum Gasteiger partial charge on any atom is -0.366 e. The third kappa shape index (κ3) is 3.54. The fraction of sp³-hybridized carbons (Fsp3) is 0.533. The Labute approximate surface area is 129 Å². The summed E-state index contributed by atoms with van der Waals surface area (Å²) in [6, 6.07) is 4.68. The SMILES string of the molecule is CNCC1CCN(c2ccc(C(=O)NC)cc2[N+](=O)[O-])CC1. The molecule has 1 heterocycles. The third-order valence-electron chi connectivity index (χ3n) is 4.11. The lowest BCUT2D eigenvalue weighted by atomic mass is 9.96. The van der Waals surface area contributed by atoms with Gasteiger partial charge in [-0.25, -0.2) is 0 Å². The van der Waals surface area contributed by atoms with Gasteiger partial charge >= 0.3 is 0 Å². The Morgan fingerprint density at radius 3 is 2.59 bits per heavy atom. The molecule has 2 N–H and O–H groups in total. The quantitative estimate of drug-likeness (QED) is 0.634. The molecular weight excluding hydrogens is 284 g/mol. The van der Waals surface area contributed by atoms with Gasteiger partial charge in [0.25, 0.3) is 11.6 Å². The van der Waals surface area contributed by atoms with Crippen LogP contribution in [-0.2, 0) is 0 Å². The second-order valence-electron chi connectivity index (χ2n) is 5.53. The highest BCUT2D eigenvalue weighted by Crippen LogP contribution is 2.32. The fourth-order valence-corrected chi connectivity index (χ4v) is 2.89. The summed E-state index contributed by atoms with van der Waals surface area (Å²) in [4.78, 5) is 24.6. The number of nitrogens with one attached hydrogen (secondary N) is 2. The maximum Gasteiger partial charge on any atom is 0.293 e. The molecule has 7 nitrogen and oxygen atoms in total. The van der Waals surface area contributed by atoms with Crippen LogP contribution in [0.4, 0.5) is 11.4 Å². The fourth-order valence-electron chi connectivity index (χ4n) is 2.89. The van der Waals surface area contributed by atoms with E-state index in [1.807, 2.05) is 11.9 Å². The first-order chi connectivity index (χ1) is 10.6. The molecule has 1 aromatic rings. The Kier molecular flexibility index (Phi) is 5.32. The second kappa shape index (κ2) is 7.22. The number of nitro benzene ring substituents is 1. The average Bonchev–Trinajstić information content (AvgIpc) is 2.54. The predicted molar refractivity (Wildman–Crippen MR) is 85.4 cm³/mol. The van der Waals surface area contributed by atoms with Crippen LogP contribution in [0.2, 0.25) is 0 Å². The predicted octanol–water partition coefficient (Wildman–Crippen LogP) is 1.39. The average molecular weight is 306 g/mol. The molecule has 1 fully saturated rings. The lowest BCUT2D eigenvalue weighted by Crippen LogP contribution is -2.37. The van der Waals surface area contributed by atoms with Crippen LogP contribution in [0.25, 0.3) is 0 Å². The Hall–Kier alpha value is -2.15. The molecule has 1 aliphatic heterocycles. The monoisotopic (exact) mass is 306 g/mol. The number of piperidine rings is 1. The van der Waals surface area contributed by atoms with Crippen molar-refractivity contribution < 1.29 is 9.72 Å². The van der Waals surface area contributed by atoms with Crippen LogP contribution < -0.4 is 15.5 Å². The molecule has 120 valence electrons. The van der Waals surface area contributed by atoms with Crippen molar-refractivity contribution in [3.63, 3.8) is 0 Å². The minimum absolute atomic E-state index is 0.00633. The summed E-state index contributed by atoms with van der Waals surface area (Å²) in [5.74, 6) is 0.299. The van der Waals surface area contributed by atoms with E-state index >= 15 is 0 Å². The zero-order chi connectivity index (χ0) is 16.1. The minimum atomic E-state index is -0.415. The van der Waals surface area contributed by atoms with Crippen molar-refractivity contribution in [2.24, 2.45) is 5.92 Å². The van der Waals surface area contributed by atoms with Crippen LogP contribution in [0.1, 0.15) is 23.2 Å². The Balaban J connectivity index is 2.20. The van der Waals surface area contributed by atoms with Crippen LogP contribution in [0.5, 0.6) is 0 Å². The Morgan fingerprint density at radius 2 is 2.05 bits per heavy atom. The van der Waals surface area contributed by atoms with Gasteiger partial charge in [0.1, 0.15) is 5.69 Å². The molecule has 0 aliphatic carbocycles. The van der Waals surface area contributed by atoms with E-state index < -0.39 is 4.92 Å². The van der Waals surface area contributed by atoms with Crippen molar-refractivity contribution in [3.8, 4) is 0 Å². The lowest BCUT2D eigenvalue weighted by Gasteiger charge is -2.33. The molecule has 7 heteroatoms. The number of nitrogens with zero attached hydrogens (tertiary/aromatic N) is 2. The normalized spacial score (nSPS) is 15.6. The van der Waals surface area contributed by atoms with Crippen LogP contribution >= 0.6 is 0 Å². The highest BCUT2D eigenvalue weighted by molar-refractivity contribution is 5.95. The summed E-state index contributed by atoms with van der Waals surface area (Å²) < 4.78 is 0. The van der Waals surface area contributed by atoms with Gasteiger partial charge in [-0.05, 0) is 44.5 Å². The van der Waals surface area contributed by atoms with Crippen molar-refractivity contribution in [1.82, 2.24) is 10.6 Å². The van der Waals surface area contributed by atoms with Crippen LogP contribution in [0, 0.1) is 16.0 Å². The molecule has 1 saturated heterocycles. The van der Waals surface area contributed by atoms with Gasteiger partial charge in [0.15, 0.2) is 0 Å². The van der Waals surface area contributed by atoms with Crippen molar-refractivity contribution in [2.75, 3.05) is 38.6 Å². The van der Waals surface area contributed by atoms with Crippen molar-refractivity contribution in [3.05, 3.63) is 33.9 Å². The van der Waals surface area contributed by atoms with Gasteiger partial charge in [-0.3, -0.25) is 14.9 Å². The smallest absolute Gasteiger partial charge is 0.293 e. The molecule has 0 aromatic heterocycles. The van der Waals surface area contributed by atoms with Gasteiger partial charge in [0, 0.05) is 31.8 Å². The van der Waals surface area contributed by atoms with E-state index in [1.165, 1.54) is 13.1 Å².